The lowest BCUT2D eigenvalue weighted by Gasteiger charge is -2.23. The number of carbonyl (C=O) groups is 2. The predicted molar refractivity (Wildman–Crippen MR) is 105 cm³/mol. The number of allylic oxidation sites excluding steroid dienone is 2. The number of nitriles is 3. The number of carbonyl (C=O) groups excluding carboxylic acids is 2. The van der Waals surface area contributed by atoms with Crippen LogP contribution in [0.15, 0.2) is 51.0 Å². The van der Waals surface area contributed by atoms with E-state index in [4.69, 9.17) is 10.5 Å². The van der Waals surface area contributed by atoms with Gasteiger partial charge in [0.25, 0.3) is 10.1 Å². The average Bonchev–Trinajstić information content (AvgIpc) is 2.71. The predicted octanol–water partition coefficient (Wildman–Crippen LogP) is 2.71. The molecule has 0 heterocycles. The van der Waals surface area contributed by atoms with Gasteiger partial charge < -0.3 is 5.32 Å². The molecule has 2 aromatic carbocycles. The molecule has 0 atom stereocenters. The van der Waals surface area contributed by atoms with Crippen LogP contribution in [0, 0.1) is 34.0 Å². The topological polar surface area (TPSA) is 172 Å². The van der Waals surface area contributed by atoms with Crippen molar-refractivity contribution in [3.8, 4) is 18.2 Å². The molecule has 0 aromatic heterocycles. The molecule has 0 bridgehead atoms. The van der Waals surface area contributed by atoms with Crippen molar-refractivity contribution in [2.45, 2.75) is 4.90 Å². The van der Waals surface area contributed by atoms with Gasteiger partial charge in [0, 0.05) is 15.6 Å². The molecule has 3 rings (SSSR count). The van der Waals surface area contributed by atoms with Crippen LogP contribution in [0.1, 0.15) is 31.8 Å². The molecular formula is C19H7BrN4O5S. The second kappa shape index (κ2) is 7.54. The molecule has 0 saturated carbocycles. The van der Waals surface area contributed by atoms with Gasteiger partial charge in [0.15, 0.2) is 17.1 Å². The van der Waals surface area contributed by atoms with E-state index in [2.05, 4.69) is 21.2 Å². The maximum absolute atomic E-state index is 13.2. The van der Waals surface area contributed by atoms with Crippen molar-refractivity contribution >= 4 is 43.3 Å². The molecule has 0 radical (unpaired) electrons. The van der Waals surface area contributed by atoms with Crippen molar-refractivity contribution in [3.05, 3.63) is 68.3 Å². The summed E-state index contributed by atoms with van der Waals surface area (Å²) in [5, 5.41) is 29.6. The van der Waals surface area contributed by atoms with Crippen LogP contribution in [-0.2, 0) is 10.1 Å². The van der Waals surface area contributed by atoms with Crippen LogP contribution in [0.25, 0.3) is 0 Å². The Morgan fingerprint density at radius 1 is 0.967 bits per heavy atom. The zero-order chi connectivity index (χ0) is 22.2. The molecule has 0 fully saturated rings. The van der Waals surface area contributed by atoms with Gasteiger partial charge in [-0.1, -0.05) is 24.3 Å². The van der Waals surface area contributed by atoms with E-state index in [9.17, 15) is 27.8 Å². The second-order valence-electron chi connectivity index (χ2n) is 5.87. The number of ketones is 2. The molecule has 0 unspecified atom stereocenters. The Kier molecular flexibility index (Phi) is 5.26. The maximum Gasteiger partial charge on any atom is 0.296 e. The van der Waals surface area contributed by atoms with Crippen LogP contribution in [0.3, 0.4) is 0 Å². The number of rotatable bonds is 3. The molecular weight excluding hydrogens is 476 g/mol. The lowest BCUT2D eigenvalue weighted by atomic mass is 9.83. The van der Waals surface area contributed by atoms with Gasteiger partial charge in [-0.05, 0) is 22.0 Å². The molecule has 9 nitrogen and oxygen atoms in total. The van der Waals surface area contributed by atoms with Gasteiger partial charge in [0.05, 0.1) is 16.8 Å². The largest absolute Gasteiger partial charge is 0.343 e. The number of hydrogen-bond acceptors (Lipinski definition) is 8. The molecule has 2 N–H and O–H groups in total. The lowest BCUT2D eigenvalue weighted by Crippen LogP contribution is -2.24. The van der Waals surface area contributed by atoms with Gasteiger partial charge >= 0.3 is 0 Å². The maximum atomic E-state index is 13.2. The number of nitrogens with one attached hydrogen (secondary N) is 1. The third-order valence-electron chi connectivity index (χ3n) is 4.23. The number of hydrogen-bond donors (Lipinski definition) is 2. The highest BCUT2D eigenvalue weighted by Crippen LogP contribution is 2.40. The molecule has 2 aromatic rings. The van der Waals surface area contributed by atoms with E-state index in [0.29, 0.717) is 0 Å². The second-order valence-corrected chi connectivity index (χ2v) is 8.12. The number of anilines is 1. The number of nitrogens with zero attached hydrogens (tertiary/aromatic N) is 3. The Morgan fingerprint density at radius 2 is 1.50 bits per heavy atom. The summed E-state index contributed by atoms with van der Waals surface area (Å²) in [5.74, 6) is -1.35. The van der Waals surface area contributed by atoms with E-state index in [1.54, 1.807) is 6.07 Å². The normalized spacial score (nSPS) is 12.0. The summed E-state index contributed by atoms with van der Waals surface area (Å²) in [6.07, 6.45) is 0. The fraction of sp³-hybridized carbons (Fsp3) is 0. The molecule has 1 aliphatic rings. The number of fused-ring (bicyclic) bond motifs is 2. The van der Waals surface area contributed by atoms with Gasteiger partial charge in [-0.3, -0.25) is 14.1 Å². The minimum Gasteiger partial charge on any atom is -0.343 e. The van der Waals surface area contributed by atoms with Crippen LogP contribution >= 0.6 is 15.9 Å². The fourth-order valence-electron chi connectivity index (χ4n) is 2.96. The summed E-state index contributed by atoms with van der Waals surface area (Å²) in [5.41, 5.74) is -2.49. The van der Waals surface area contributed by atoms with Crippen LogP contribution in [0.5, 0.6) is 0 Å². The summed E-state index contributed by atoms with van der Waals surface area (Å²) >= 11 is 3.06. The SMILES string of the molecule is N#CC(C#N)=C(C#N)Nc1c(S(=O)(=O)O)cc(Br)c2c1C(=O)c1ccccc1C2=O. The Bertz CT molecular complexity index is 1410. The Labute approximate surface area is 178 Å². The first kappa shape index (κ1) is 20.9. The average molecular weight is 483 g/mol. The lowest BCUT2D eigenvalue weighted by molar-refractivity contribution is 0.0979. The van der Waals surface area contributed by atoms with E-state index >= 15 is 0 Å². The van der Waals surface area contributed by atoms with Gasteiger partial charge in [-0.15, -0.1) is 0 Å². The van der Waals surface area contributed by atoms with Crippen molar-refractivity contribution in [3.63, 3.8) is 0 Å². The summed E-state index contributed by atoms with van der Waals surface area (Å²) in [4.78, 5) is 25.3. The highest BCUT2D eigenvalue weighted by molar-refractivity contribution is 9.10. The monoisotopic (exact) mass is 482 g/mol. The van der Waals surface area contributed by atoms with Crippen molar-refractivity contribution in [1.82, 2.24) is 0 Å². The zero-order valence-corrected chi connectivity index (χ0v) is 17.0. The van der Waals surface area contributed by atoms with Gasteiger partial charge in [0.1, 0.15) is 28.8 Å². The van der Waals surface area contributed by atoms with Crippen molar-refractivity contribution in [2.24, 2.45) is 0 Å². The summed E-state index contributed by atoms with van der Waals surface area (Å²) in [6, 6.07) is 11.2. The molecule has 0 saturated heterocycles. The third-order valence-corrected chi connectivity index (χ3v) is 5.73. The van der Waals surface area contributed by atoms with Crippen molar-refractivity contribution in [2.75, 3.05) is 5.32 Å². The van der Waals surface area contributed by atoms with Crippen LogP contribution in [-0.4, -0.2) is 24.5 Å². The summed E-state index contributed by atoms with van der Waals surface area (Å²) in [6.45, 7) is 0. The highest BCUT2D eigenvalue weighted by Gasteiger charge is 2.37. The minimum absolute atomic E-state index is 0.0132. The number of halogens is 1. The summed E-state index contributed by atoms with van der Waals surface area (Å²) < 4.78 is 33.5. The standard InChI is InChI=1S/C19H7BrN4O5S/c20-12-5-14(30(27,28)29)17(24-13(8-23)9(6-21)7-22)16-15(12)18(25)10-3-1-2-4-11(10)19(16)26/h1-5,24H,(H,27,28,29). The van der Waals surface area contributed by atoms with Gasteiger partial charge in [-0.25, -0.2) is 0 Å². The van der Waals surface area contributed by atoms with Gasteiger partial charge in [-0.2, -0.15) is 24.2 Å². The quantitative estimate of drug-likeness (QED) is 0.420. The van der Waals surface area contributed by atoms with E-state index < -0.39 is 49.1 Å². The number of benzene rings is 2. The third kappa shape index (κ3) is 3.25. The van der Waals surface area contributed by atoms with Crippen LogP contribution < -0.4 is 5.32 Å². The first-order chi connectivity index (χ1) is 14.1. The van der Waals surface area contributed by atoms with Crippen LogP contribution in [0.4, 0.5) is 5.69 Å². The Morgan fingerprint density at radius 3 is 1.97 bits per heavy atom. The first-order valence-corrected chi connectivity index (χ1v) is 10.1. The van der Waals surface area contributed by atoms with E-state index in [1.807, 2.05) is 0 Å². The van der Waals surface area contributed by atoms with E-state index in [-0.39, 0.29) is 21.2 Å². The fourth-order valence-corrected chi connectivity index (χ4v) is 4.40. The van der Waals surface area contributed by atoms with Crippen LogP contribution in [0.2, 0.25) is 0 Å². The molecule has 11 heteroatoms. The highest BCUT2D eigenvalue weighted by atomic mass is 79.9. The molecule has 0 aliphatic heterocycles. The smallest absolute Gasteiger partial charge is 0.296 e. The van der Waals surface area contributed by atoms with E-state index in [1.165, 1.54) is 36.4 Å². The summed E-state index contributed by atoms with van der Waals surface area (Å²) in [7, 11) is -4.95. The molecule has 146 valence electrons. The van der Waals surface area contributed by atoms with Crippen molar-refractivity contribution < 1.29 is 22.6 Å². The Hall–Kier alpha value is -3.82. The minimum atomic E-state index is -4.95. The molecule has 0 amide bonds. The zero-order valence-electron chi connectivity index (χ0n) is 14.6. The van der Waals surface area contributed by atoms with Crippen molar-refractivity contribution in [1.29, 1.82) is 15.8 Å². The molecule has 0 spiro atoms. The van der Waals surface area contributed by atoms with Gasteiger partial charge in [0.2, 0.25) is 0 Å². The molecule has 30 heavy (non-hydrogen) atoms. The molecule has 1 aliphatic carbocycles. The van der Waals surface area contributed by atoms with E-state index in [0.717, 1.165) is 6.07 Å². The first-order valence-electron chi connectivity index (χ1n) is 7.89. The Balaban J connectivity index is 2.46.